The van der Waals surface area contributed by atoms with E-state index in [2.05, 4.69) is 13.8 Å². The molecule has 0 aliphatic rings. The van der Waals surface area contributed by atoms with E-state index >= 15 is 0 Å². The van der Waals surface area contributed by atoms with Crippen LogP contribution in [0.3, 0.4) is 0 Å². The highest BCUT2D eigenvalue weighted by Crippen LogP contribution is 2.30. The van der Waals surface area contributed by atoms with E-state index < -0.39 is 0 Å². The van der Waals surface area contributed by atoms with Gasteiger partial charge in [-0.3, -0.25) is 0 Å². The number of ether oxygens (including phenoxy) is 1. The molecule has 0 aliphatic heterocycles. The molecule has 72 valence electrons. The van der Waals surface area contributed by atoms with Gasteiger partial charge in [0.2, 0.25) is 0 Å². The third-order valence-electron chi connectivity index (χ3n) is 1.56. The standard InChI is InChI=1S/C10H14ClNO/c1-7(2)6-13-10-8(11)4-3-5-9(10)12/h3-5,7H,6,12H2,1-2H3. The van der Waals surface area contributed by atoms with E-state index in [0.29, 0.717) is 29.0 Å². The minimum absolute atomic E-state index is 0.468. The van der Waals surface area contributed by atoms with Gasteiger partial charge in [-0.15, -0.1) is 0 Å². The number of nitrogens with two attached hydrogens (primary N) is 1. The lowest BCUT2D eigenvalue weighted by atomic mass is 10.2. The Labute approximate surface area is 83.6 Å². The number of nitrogen functional groups attached to an aromatic ring is 1. The predicted molar refractivity (Wildman–Crippen MR) is 56.2 cm³/mol. The van der Waals surface area contributed by atoms with E-state index in [0.717, 1.165) is 0 Å². The summed E-state index contributed by atoms with van der Waals surface area (Å²) in [6.07, 6.45) is 0. The van der Waals surface area contributed by atoms with E-state index in [4.69, 9.17) is 22.1 Å². The summed E-state index contributed by atoms with van der Waals surface area (Å²) in [5, 5.41) is 0.570. The Morgan fingerprint density at radius 3 is 2.69 bits per heavy atom. The topological polar surface area (TPSA) is 35.2 Å². The lowest BCUT2D eigenvalue weighted by molar-refractivity contribution is 0.272. The fourth-order valence-electron chi connectivity index (χ4n) is 0.928. The molecule has 2 N–H and O–H groups in total. The van der Waals surface area contributed by atoms with Crippen molar-refractivity contribution in [2.24, 2.45) is 5.92 Å². The molecule has 0 aliphatic carbocycles. The quantitative estimate of drug-likeness (QED) is 0.760. The molecule has 3 heteroatoms. The first-order chi connectivity index (χ1) is 6.11. The molecule has 2 nitrogen and oxygen atoms in total. The van der Waals surface area contributed by atoms with Crippen molar-refractivity contribution in [1.82, 2.24) is 0 Å². The largest absolute Gasteiger partial charge is 0.490 e. The summed E-state index contributed by atoms with van der Waals surface area (Å²) >= 11 is 5.91. The van der Waals surface area contributed by atoms with Gasteiger partial charge in [0.05, 0.1) is 17.3 Å². The van der Waals surface area contributed by atoms with Crippen LogP contribution < -0.4 is 10.5 Å². The SMILES string of the molecule is CC(C)COc1c(N)cccc1Cl. The van der Waals surface area contributed by atoms with Crippen LogP contribution >= 0.6 is 11.6 Å². The fraction of sp³-hybridized carbons (Fsp3) is 0.400. The molecule has 1 aromatic rings. The number of hydrogen-bond acceptors (Lipinski definition) is 2. The smallest absolute Gasteiger partial charge is 0.160 e. The molecule has 0 amide bonds. The monoisotopic (exact) mass is 199 g/mol. The summed E-state index contributed by atoms with van der Waals surface area (Å²) in [5.41, 5.74) is 6.29. The maximum atomic E-state index is 5.91. The Bertz CT molecular complexity index is 266. The minimum Gasteiger partial charge on any atom is -0.490 e. The molecule has 0 fully saturated rings. The van der Waals surface area contributed by atoms with Gasteiger partial charge >= 0.3 is 0 Å². The second kappa shape index (κ2) is 4.38. The van der Waals surface area contributed by atoms with Gasteiger partial charge in [0.1, 0.15) is 0 Å². The van der Waals surface area contributed by atoms with E-state index in [1.54, 1.807) is 18.2 Å². The van der Waals surface area contributed by atoms with Crippen LogP contribution in [0.4, 0.5) is 5.69 Å². The molecule has 0 unspecified atom stereocenters. The molecular formula is C10H14ClNO. The summed E-state index contributed by atoms with van der Waals surface area (Å²) in [6, 6.07) is 5.36. The number of anilines is 1. The number of benzene rings is 1. The summed E-state index contributed by atoms with van der Waals surface area (Å²) in [5.74, 6) is 1.06. The van der Waals surface area contributed by atoms with Crippen LogP contribution in [0.1, 0.15) is 13.8 Å². The second-order valence-electron chi connectivity index (χ2n) is 3.36. The molecule has 0 saturated heterocycles. The van der Waals surface area contributed by atoms with Gasteiger partial charge in [-0.05, 0) is 18.1 Å². The zero-order valence-corrected chi connectivity index (χ0v) is 8.64. The first-order valence-corrected chi connectivity index (χ1v) is 4.66. The highest BCUT2D eigenvalue weighted by molar-refractivity contribution is 6.32. The zero-order chi connectivity index (χ0) is 9.84. The molecule has 0 bridgehead atoms. The van der Waals surface area contributed by atoms with Gasteiger partial charge in [-0.2, -0.15) is 0 Å². The minimum atomic E-state index is 0.468. The van der Waals surface area contributed by atoms with Crippen LogP contribution in [0.25, 0.3) is 0 Å². The summed E-state index contributed by atoms with van der Waals surface area (Å²) in [7, 11) is 0. The van der Waals surface area contributed by atoms with Crippen LogP contribution in [-0.4, -0.2) is 6.61 Å². The highest BCUT2D eigenvalue weighted by Gasteiger charge is 2.05. The molecule has 1 aromatic carbocycles. The Hall–Kier alpha value is -0.890. The first kappa shape index (κ1) is 10.2. The van der Waals surface area contributed by atoms with Gasteiger partial charge in [-0.25, -0.2) is 0 Å². The maximum Gasteiger partial charge on any atom is 0.160 e. The Balaban J connectivity index is 2.75. The van der Waals surface area contributed by atoms with Gasteiger partial charge in [0.15, 0.2) is 5.75 Å². The Morgan fingerprint density at radius 2 is 2.15 bits per heavy atom. The van der Waals surface area contributed by atoms with Gasteiger partial charge in [0.25, 0.3) is 0 Å². The molecular weight excluding hydrogens is 186 g/mol. The van der Waals surface area contributed by atoms with Crippen LogP contribution in [0, 0.1) is 5.92 Å². The normalized spacial score (nSPS) is 10.5. The molecule has 0 saturated carbocycles. The maximum absolute atomic E-state index is 5.91. The van der Waals surface area contributed by atoms with Crippen molar-refractivity contribution in [3.63, 3.8) is 0 Å². The van der Waals surface area contributed by atoms with E-state index in [1.165, 1.54) is 0 Å². The molecule has 0 heterocycles. The van der Waals surface area contributed by atoms with E-state index in [9.17, 15) is 0 Å². The number of rotatable bonds is 3. The van der Waals surface area contributed by atoms with Crippen LogP contribution in [-0.2, 0) is 0 Å². The summed E-state index contributed by atoms with van der Waals surface area (Å²) in [6.45, 7) is 4.79. The molecule has 13 heavy (non-hydrogen) atoms. The first-order valence-electron chi connectivity index (χ1n) is 4.28. The average molecular weight is 200 g/mol. The molecule has 0 atom stereocenters. The van der Waals surface area contributed by atoms with Crippen molar-refractivity contribution in [3.8, 4) is 5.75 Å². The van der Waals surface area contributed by atoms with Crippen LogP contribution in [0.15, 0.2) is 18.2 Å². The molecule has 1 rings (SSSR count). The number of hydrogen-bond donors (Lipinski definition) is 1. The lowest BCUT2D eigenvalue weighted by Gasteiger charge is -2.11. The summed E-state index contributed by atoms with van der Waals surface area (Å²) < 4.78 is 5.47. The Morgan fingerprint density at radius 1 is 1.46 bits per heavy atom. The summed E-state index contributed by atoms with van der Waals surface area (Å²) in [4.78, 5) is 0. The zero-order valence-electron chi connectivity index (χ0n) is 7.88. The van der Waals surface area contributed by atoms with Crippen molar-refractivity contribution in [2.75, 3.05) is 12.3 Å². The van der Waals surface area contributed by atoms with Crippen molar-refractivity contribution >= 4 is 17.3 Å². The molecule has 0 spiro atoms. The van der Waals surface area contributed by atoms with E-state index in [1.807, 2.05) is 0 Å². The van der Waals surface area contributed by atoms with E-state index in [-0.39, 0.29) is 0 Å². The third kappa shape index (κ3) is 2.81. The van der Waals surface area contributed by atoms with Crippen molar-refractivity contribution < 1.29 is 4.74 Å². The van der Waals surface area contributed by atoms with Crippen LogP contribution in [0.5, 0.6) is 5.75 Å². The Kier molecular flexibility index (Phi) is 3.43. The number of halogens is 1. The van der Waals surface area contributed by atoms with Crippen molar-refractivity contribution in [2.45, 2.75) is 13.8 Å². The van der Waals surface area contributed by atoms with Crippen molar-refractivity contribution in [1.29, 1.82) is 0 Å². The van der Waals surface area contributed by atoms with Gasteiger partial charge in [0, 0.05) is 0 Å². The van der Waals surface area contributed by atoms with Gasteiger partial charge in [-0.1, -0.05) is 31.5 Å². The molecule has 0 radical (unpaired) electrons. The van der Waals surface area contributed by atoms with Gasteiger partial charge < -0.3 is 10.5 Å². The second-order valence-corrected chi connectivity index (χ2v) is 3.77. The highest BCUT2D eigenvalue weighted by atomic mass is 35.5. The fourth-order valence-corrected chi connectivity index (χ4v) is 1.16. The third-order valence-corrected chi connectivity index (χ3v) is 1.86. The lowest BCUT2D eigenvalue weighted by Crippen LogP contribution is -2.06. The van der Waals surface area contributed by atoms with Crippen molar-refractivity contribution in [3.05, 3.63) is 23.2 Å². The molecule has 0 aromatic heterocycles. The predicted octanol–water partition coefficient (Wildman–Crippen LogP) is 2.96. The average Bonchev–Trinajstić information content (AvgIpc) is 2.03. The number of para-hydroxylation sites is 1. The van der Waals surface area contributed by atoms with Crippen LogP contribution in [0.2, 0.25) is 5.02 Å².